The molecule has 1 fully saturated rings. The zero-order valence-electron chi connectivity index (χ0n) is 22.6. The standard InChI is InChI=1S/C27H54O8/c1-4-5-6-7-8-9-10-11-12-13-14-15-16-17-18-33-20-22(31-2)21-34-27-26(32-3)25(30)24(29)23(19-28)35-27/h22-30H,4-21H2,1-3H3/t22-,23-,24-,25+,26+,27+/m1/s1. The van der Waals surface area contributed by atoms with Crippen molar-refractivity contribution < 1.29 is 39.0 Å². The zero-order valence-corrected chi connectivity index (χ0v) is 22.6. The Labute approximate surface area is 213 Å². The highest BCUT2D eigenvalue weighted by atomic mass is 16.7. The van der Waals surface area contributed by atoms with Crippen LogP contribution in [0.2, 0.25) is 0 Å². The van der Waals surface area contributed by atoms with Crippen LogP contribution < -0.4 is 0 Å². The van der Waals surface area contributed by atoms with Crippen molar-refractivity contribution in [3.05, 3.63) is 0 Å². The molecule has 0 aromatic heterocycles. The SMILES string of the molecule is CCCCCCCCCCCCCCCCOC[C@H](CO[C@H]1O[C@H](CO)[C@@H](O)[C@H](O)[C@@H]1OC)OC. The summed E-state index contributed by atoms with van der Waals surface area (Å²) in [5.74, 6) is 0. The Kier molecular flexibility index (Phi) is 20.3. The van der Waals surface area contributed by atoms with Gasteiger partial charge < -0.3 is 39.0 Å². The van der Waals surface area contributed by atoms with Gasteiger partial charge in [0.2, 0.25) is 0 Å². The molecule has 0 aromatic carbocycles. The minimum Gasteiger partial charge on any atom is -0.394 e. The Balaban J connectivity index is 2.02. The highest BCUT2D eigenvalue weighted by Crippen LogP contribution is 2.24. The van der Waals surface area contributed by atoms with Crippen LogP contribution in [0.15, 0.2) is 0 Å². The van der Waals surface area contributed by atoms with Crippen molar-refractivity contribution in [1.29, 1.82) is 0 Å². The van der Waals surface area contributed by atoms with E-state index in [-0.39, 0.29) is 12.7 Å². The number of aliphatic hydroxyl groups excluding tert-OH is 3. The normalized spacial score (nSPS) is 25.7. The Morgan fingerprint density at radius 3 is 1.77 bits per heavy atom. The topological polar surface area (TPSA) is 107 Å². The van der Waals surface area contributed by atoms with Gasteiger partial charge in [0.1, 0.15) is 30.5 Å². The van der Waals surface area contributed by atoms with E-state index >= 15 is 0 Å². The van der Waals surface area contributed by atoms with E-state index in [1.54, 1.807) is 7.11 Å². The summed E-state index contributed by atoms with van der Waals surface area (Å²) in [6, 6.07) is 0. The van der Waals surface area contributed by atoms with E-state index in [9.17, 15) is 15.3 Å². The van der Waals surface area contributed by atoms with Crippen molar-refractivity contribution in [2.24, 2.45) is 0 Å². The molecule has 35 heavy (non-hydrogen) atoms. The van der Waals surface area contributed by atoms with E-state index in [1.807, 2.05) is 0 Å². The molecular weight excluding hydrogens is 452 g/mol. The molecule has 0 aliphatic carbocycles. The molecular formula is C27H54O8. The molecule has 0 unspecified atom stereocenters. The van der Waals surface area contributed by atoms with Crippen molar-refractivity contribution in [2.45, 2.75) is 134 Å². The maximum absolute atomic E-state index is 10.2. The second-order valence-corrected chi connectivity index (χ2v) is 9.77. The Morgan fingerprint density at radius 1 is 0.743 bits per heavy atom. The lowest BCUT2D eigenvalue weighted by Gasteiger charge is -2.41. The molecule has 6 atom stereocenters. The number of aliphatic hydroxyl groups is 3. The average molecular weight is 507 g/mol. The smallest absolute Gasteiger partial charge is 0.187 e. The van der Waals surface area contributed by atoms with Gasteiger partial charge in [-0.25, -0.2) is 0 Å². The second-order valence-electron chi connectivity index (χ2n) is 9.77. The highest BCUT2D eigenvalue weighted by molar-refractivity contribution is 4.89. The number of hydrogen-bond donors (Lipinski definition) is 3. The predicted molar refractivity (Wildman–Crippen MR) is 136 cm³/mol. The molecule has 1 aliphatic heterocycles. The molecule has 1 rings (SSSR count). The number of hydrogen-bond acceptors (Lipinski definition) is 8. The van der Waals surface area contributed by atoms with Crippen LogP contribution in [0.1, 0.15) is 96.8 Å². The molecule has 0 radical (unpaired) electrons. The van der Waals surface area contributed by atoms with Crippen LogP contribution in [0.3, 0.4) is 0 Å². The molecule has 1 aliphatic rings. The van der Waals surface area contributed by atoms with Crippen molar-refractivity contribution in [3.8, 4) is 0 Å². The van der Waals surface area contributed by atoms with Crippen LogP contribution in [0.5, 0.6) is 0 Å². The van der Waals surface area contributed by atoms with Crippen molar-refractivity contribution in [3.63, 3.8) is 0 Å². The van der Waals surface area contributed by atoms with Crippen molar-refractivity contribution >= 4 is 0 Å². The van der Waals surface area contributed by atoms with Gasteiger partial charge in [-0.2, -0.15) is 0 Å². The Bertz CT molecular complexity index is 466. The Hall–Kier alpha value is -0.320. The summed E-state index contributed by atoms with van der Waals surface area (Å²) in [4.78, 5) is 0. The zero-order chi connectivity index (χ0) is 25.7. The minimum atomic E-state index is -1.24. The molecule has 0 saturated carbocycles. The van der Waals surface area contributed by atoms with E-state index in [4.69, 9.17) is 23.7 Å². The summed E-state index contributed by atoms with van der Waals surface area (Å²) in [5.41, 5.74) is 0. The van der Waals surface area contributed by atoms with Crippen LogP contribution in [0.4, 0.5) is 0 Å². The van der Waals surface area contributed by atoms with Crippen molar-refractivity contribution in [2.75, 3.05) is 40.6 Å². The van der Waals surface area contributed by atoms with Gasteiger partial charge in [0.25, 0.3) is 0 Å². The van der Waals surface area contributed by atoms with Gasteiger partial charge in [0, 0.05) is 20.8 Å². The number of ether oxygens (including phenoxy) is 5. The summed E-state index contributed by atoms with van der Waals surface area (Å²) in [7, 11) is 3.00. The monoisotopic (exact) mass is 506 g/mol. The van der Waals surface area contributed by atoms with Gasteiger partial charge in [-0.15, -0.1) is 0 Å². The van der Waals surface area contributed by atoms with E-state index in [0.29, 0.717) is 13.2 Å². The maximum atomic E-state index is 10.2. The fourth-order valence-corrected chi connectivity index (χ4v) is 4.44. The third-order valence-corrected chi connectivity index (χ3v) is 6.82. The minimum absolute atomic E-state index is 0.181. The first-order chi connectivity index (χ1) is 17.1. The Morgan fingerprint density at radius 2 is 1.29 bits per heavy atom. The molecule has 0 bridgehead atoms. The molecule has 0 amide bonds. The average Bonchev–Trinajstić information content (AvgIpc) is 2.87. The largest absolute Gasteiger partial charge is 0.394 e. The van der Waals surface area contributed by atoms with Gasteiger partial charge in [0.05, 0.1) is 19.8 Å². The van der Waals surface area contributed by atoms with Gasteiger partial charge in [-0.05, 0) is 6.42 Å². The van der Waals surface area contributed by atoms with Crippen LogP contribution in [-0.2, 0) is 23.7 Å². The molecule has 0 aromatic rings. The van der Waals surface area contributed by atoms with Crippen LogP contribution >= 0.6 is 0 Å². The molecule has 1 saturated heterocycles. The molecule has 1 heterocycles. The third kappa shape index (κ3) is 14.3. The second kappa shape index (κ2) is 21.7. The van der Waals surface area contributed by atoms with Gasteiger partial charge in [-0.3, -0.25) is 0 Å². The number of methoxy groups -OCH3 is 2. The van der Waals surface area contributed by atoms with Gasteiger partial charge in [-0.1, -0.05) is 90.4 Å². The van der Waals surface area contributed by atoms with Gasteiger partial charge >= 0.3 is 0 Å². The fraction of sp³-hybridized carbons (Fsp3) is 1.00. The molecule has 210 valence electrons. The molecule has 0 spiro atoms. The van der Waals surface area contributed by atoms with Crippen molar-refractivity contribution in [1.82, 2.24) is 0 Å². The van der Waals surface area contributed by atoms with E-state index in [0.717, 1.165) is 6.42 Å². The van der Waals surface area contributed by atoms with Gasteiger partial charge in [0.15, 0.2) is 6.29 Å². The quantitative estimate of drug-likeness (QED) is 0.179. The first-order valence-corrected chi connectivity index (χ1v) is 14.0. The lowest BCUT2D eigenvalue weighted by Crippen LogP contribution is -2.60. The predicted octanol–water partition coefficient (Wildman–Crippen LogP) is 3.97. The summed E-state index contributed by atoms with van der Waals surface area (Å²) < 4.78 is 27.7. The lowest BCUT2D eigenvalue weighted by molar-refractivity contribution is -0.310. The number of rotatable bonds is 23. The van der Waals surface area contributed by atoms with E-state index in [1.165, 1.54) is 90.6 Å². The maximum Gasteiger partial charge on any atom is 0.187 e. The lowest BCUT2D eigenvalue weighted by atomic mass is 9.99. The van der Waals surface area contributed by atoms with E-state index < -0.39 is 37.3 Å². The van der Waals surface area contributed by atoms with E-state index in [2.05, 4.69) is 6.92 Å². The third-order valence-electron chi connectivity index (χ3n) is 6.82. The molecule has 8 nitrogen and oxygen atoms in total. The van der Waals surface area contributed by atoms with Crippen LogP contribution in [0, 0.1) is 0 Å². The molecule has 8 heteroatoms. The van der Waals surface area contributed by atoms with Crippen LogP contribution in [-0.4, -0.2) is 92.8 Å². The highest BCUT2D eigenvalue weighted by Gasteiger charge is 2.45. The number of unbranched alkanes of at least 4 members (excludes halogenated alkanes) is 13. The first kappa shape index (κ1) is 32.7. The fourth-order valence-electron chi connectivity index (χ4n) is 4.44. The summed E-state index contributed by atoms with van der Waals surface area (Å²) >= 11 is 0. The molecule has 3 N–H and O–H groups in total. The van der Waals surface area contributed by atoms with Crippen LogP contribution in [0.25, 0.3) is 0 Å². The summed E-state index contributed by atoms with van der Waals surface area (Å²) in [5, 5.41) is 29.5. The first-order valence-electron chi connectivity index (χ1n) is 14.0. The summed E-state index contributed by atoms with van der Waals surface area (Å²) in [6.07, 6.45) is 13.2. The summed E-state index contributed by atoms with van der Waals surface area (Å²) in [6.45, 7) is 3.11.